The van der Waals surface area contributed by atoms with Gasteiger partial charge >= 0.3 is 5.97 Å². The molecule has 2 rings (SSSR count). The quantitative estimate of drug-likeness (QED) is 0.468. The number of benzene rings is 2. The van der Waals surface area contributed by atoms with Crippen molar-refractivity contribution in [3.8, 4) is 5.75 Å². The fourth-order valence-electron chi connectivity index (χ4n) is 2.89. The Kier molecular flexibility index (Phi) is 8.02. The molecule has 0 spiro atoms. The summed E-state index contributed by atoms with van der Waals surface area (Å²) in [5.41, 5.74) is 0.980. The summed E-state index contributed by atoms with van der Waals surface area (Å²) in [5.74, 6) is 0.436. The van der Waals surface area contributed by atoms with Crippen molar-refractivity contribution in [1.82, 2.24) is 0 Å². The first-order valence-electron chi connectivity index (χ1n) is 9.47. The van der Waals surface area contributed by atoms with Crippen molar-refractivity contribution >= 4 is 19.2 Å². The van der Waals surface area contributed by atoms with Gasteiger partial charge in [0.15, 0.2) is 0 Å². The van der Waals surface area contributed by atoms with Gasteiger partial charge in [-0.15, -0.1) is 0 Å². The van der Waals surface area contributed by atoms with Gasteiger partial charge < -0.3 is 14.2 Å². The first-order valence-corrected chi connectivity index (χ1v) is 12.5. The Bertz CT molecular complexity index is 782. The van der Waals surface area contributed by atoms with Gasteiger partial charge in [0.1, 0.15) is 26.5 Å². The molecular formula is C23H30O4Si. The van der Waals surface area contributed by atoms with Gasteiger partial charge in [-0.2, -0.15) is 0 Å². The molecule has 0 radical (unpaired) electrons. The van der Waals surface area contributed by atoms with Gasteiger partial charge in [-0.25, -0.2) is 4.79 Å². The number of ether oxygens (including phenoxy) is 3. The average Bonchev–Trinajstić information content (AvgIpc) is 2.69. The van der Waals surface area contributed by atoms with Gasteiger partial charge in [0.05, 0.1) is 13.7 Å². The van der Waals surface area contributed by atoms with E-state index in [2.05, 4.69) is 50.4 Å². The van der Waals surface area contributed by atoms with E-state index < -0.39 is 8.07 Å². The van der Waals surface area contributed by atoms with Crippen molar-refractivity contribution in [2.75, 3.05) is 13.7 Å². The molecule has 0 amide bonds. The number of allylic oxidation sites excluding steroid dienone is 1. The van der Waals surface area contributed by atoms with Crippen molar-refractivity contribution in [2.45, 2.75) is 39.7 Å². The standard InChI is InChI=1S/C23H30O4Si/c1-18(15-19(2)28(4,5)22-9-7-6-8-10-22)27-23(24)17-26-16-20-11-13-21(25-3)14-12-20/h6-15,18H,16-17H2,1-5H3/b19-15+/t18-/m1/s1. The zero-order chi connectivity index (χ0) is 20.6. The predicted octanol–water partition coefficient (Wildman–Crippen LogP) is 4.24. The average molecular weight is 399 g/mol. The van der Waals surface area contributed by atoms with Crippen LogP contribution in [0.4, 0.5) is 0 Å². The first-order chi connectivity index (χ1) is 13.3. The van der Waals surface area contributed by atoms with Gasteiger partial charge in [0.2, 0.25) is 0 Å². The van der Waals surface area contributed by atoms with E-state index in [9.17, 15) is 4.79 Å². The van der Waals surface area contributed by atoms with Crippen LogP contribution in [0.15, 0.2) is 65.9 Å². The lowest BCUT2D eigenvalue weighted by Crippen LogP contribution is -2.43. The Morgan fingerprint density at radius 1 is 1.07 bits per heavy atom. The molecule has 1 atom stereocenters. The normalized spacial score (nSPS) is 13.1. The highest BCUT2D eigenvalue weighted by molar-refractivity contribution is 6.95. The number of rotatable bonds is 9. The first kappa shape index (κ1) is 21.9. The van der Waals surface area contributed by atoms with Crippen LogP contribution in [-0.4, -0.2) is 33.9 Å². The fourth-order valence-corrected chi connectivity index (χ4v) is 5.02. The zero-order valence-electron chi connectivity index (χ0n) is 17.4. The van der Waals surface area contributed by atoms with Gasteiger partial charge in [0, 0.05) is 0 Å². The van der Waals surface area contributed by atoms with Crippen molar-refractivity contribution in [3.63, 3.8) is 0 Å². The molecule has 0 fully saturated rings. The topological polar surface area (TPSA) is 44.8 Å². The molecule has 2 aromatic carbocycles. The Balaban J connectivity index is 1.83. The summed E-state index contributed by atoms with van der Waals surface area (Å²) in [5, 5.41) is 2.66. The molecule has 0 aliphatic rings. The summed E-state index contributed by atoms with van der Waals surface area (Å²) in [7, 11) is -0.118. The number of esters is 1. The summed E-state index contributed by atoms with van der Waals surface area (Å²) in [4.78, 5) is 12.1. The van der Waals surface area contributed by atoms with Crippen LogP contribution >= 0.6 is 0 Å². The van der Waals surface area contributed by atoms with E-state index in [-0.39, 0.29) is 18.7 Å². The number of carbonyl (C=O) groups excluding carboxylic acids is 1. The largest absolute Gasteiger partial charge is 0.497 e. The lowest BCUT2D eigenvalue weighted by molar-refractivity contribution is -0.152. The molecule has 2 aromatic rings. The van der Waals surface area contributed by atoms with E-state index in [0.29, 0.717) is 6.61 Å². The summed E-state index contributed by atoms with van der Waals surface area (Å²) in [6, 6.07) is 18.1. The smallest absolute Gasteiger partial charge is 0.332 e. The van der Waals surface area contributed by atoms with Crippen molar-refractivity contribution in [1.29, 1.82) is 0 Å². The van der Waals surface area contributed by atoms with E-state index in [0.717, 1.165) is 11.3 Å². The predicted molar refractivity (Wildman–Crippen MR) is 116 cm³/mol. The molecule has 0 N–H and O–H groups in total. The second kappa shape index (κ2) is 10.2. The fraction of sp³-hybridized carbons (Fsp3) is 0.348. The maximum Gasteiger partial charge on any atom is 0.332 e. The van der Waals surface area contributed by atoms with E-state index in [1.165, 1.54) is 10.4 Å². The molecule has 0 aliphatic carbocycles. The molecule has 0 bridgehead atoms. The van der Waals surface area contributed by atoms with Crippen LogP contribution in [0.5, 0.6) is 5.75 Å². The summed E-state index contributed by atoms with van der Waals surface area (Å²) >= 11 is 0. The minimum atomic E-state index is -1.75. The number of hydrogen-bond donors (Lipinski definition) is 0. The lowest BCUT2D eigenvalue weighted by Gasteiger charge is -2.25. The minimum absolute atomic E-state index is 0.0667. The Labute approximate surface area is 169 Å². The highest BCUT2D eigenvalue weighted by Crippen LogP contribution is 2.16. The number of hydrogen-bond acceptors (Lipinski definition) is 4. The van der Waals surface area contributed by atoms with Gasteiger partial charge in [-0.3, -0.25) is 0 Å². The molecule has 0 saturated carbocycles. The third-order valence-electron chi connectivity index (χ3n) is 4.93. The number of carbonyl (C=O) groups is 1. The third-order valence-corrected chi connectivity index (χ3v) is 8.85. The highest BCUT2D eigenvalue weighted by atomic mass is 28.3. The Morgan fingerprint density at radius 2 is 1.71 bits per heavy atom. The zero-order valence-corrected chi connectivity index (χ0v) is 18.4. The molecule has 0 unspecified atom stereocenters. The van der Waals surface area contributed by atoms with Crippen LogP contribution in [0, 0.1) is 0 Å². The Hall–Kier alpha value is -2.37. The van der Waals surface area contributed by atoms with Crippen molar-refractivity contribution in [3.05, 3.63) is 71.4 Å². The van der Waals surface area contributed by atoms with Crippen LogP contribution in [0.3, 0.4) is 0 Å². The Morgan fingerprint density at radius 3 is 2.32 bits per heavy atom. The molecule has 0 aliphatic heterocycles. The molecule has 150 valence electrons. The van der Waals surface area contributed by atoms with Gasteiger partial charge in [-0.05, 0) is 37.6 Å². The minimum Gasteiger partial charge on any atom is -0.497 e. The molecule has 4 nitrogen and oxygen atoms in total. The molecule has 0 aromatic heterocycles. The molecular weight excluding hydrogens is 368 g/mol. The lowest BCUT2D eigenvalue weighted by atomic mass is 10.2. The maximum atomic E-state index is 12.1. The van der Waals surface area contributed by atoms with Crippen LogP contribution in [0.2, 0.25) is 13.1 Å². The van der Waals surface area contributed by atoms with Gasteiger partial charge in [0.25, 0.3) is 0 Å². The molecule has 0 saturated heterocycles. The second-order valence-corrected chi connectivity index (χ2v) is 12.0. The van der Waals surface area contributed by atoms with Crippen molar-refractivity contribution < 1.29 is 19.0 Å². The van der Waals surface area contributed by atoms with E-state index >= 15 is 0 Å². The van der Waals surface area contributed by atoms with Crippen LogP contribution in [0.25, 0.3) is 0 Å². The summed E-state index contributed by atoms with van der Waals surface area (Å²) < 4.78 is 16.1. The monoisotopic (exact) mass is 398 g/mol. The van der Waals surface area contributed by atoms with E-state index in [4.69, 9.17) is 14.2 Å². The van der Waals surface area contributed by atoms with E-state index in [1.807, 2.05) is 37.3 Å². The van der Waals surface area contributed by atoms with E-state index in [1.54, 1.807) is 7.11 Å². The molecule has 0 heterocycles. The molecule has 28 heavy (non-hydrogen) atoms. The highest BCUT2D eigenvalue weighted by Gasteiger charge is 2.26. The number of methoxy groups -OCH3 is 1. The summed E-state index contributed by atoms with van der Waals surface area (Å²) in [6.45, 7) is 8.92. The molecule has 5 heteroatoms. The SMILES string of the molecule is COc1ccc(COCC(=O)O[C@H](C)/C=C(\C)[Si](C)(C)c2ccccc2)cc1. The van der Waals surface area contributed by atoms with Gasteiger partial charge in [-0.1, -0.05) is 65.9 Å². The summed E-state index contributed by atoms with van der Waals surface area (Å²) in [6.07, 6.45) is 1.77. The second-order valence-electron chi connectivity index (χ2n) is 7.38. The van der Waals surface area contributed by atoms with Crippen molar-refractivity contribution in [2.24, 2.45) is 0 Å². The van der Waals surface area contributed by atoms with Crippen LogP contribution in [-0.2, 0) is 20.9 Å². The third kappa shape index (κ3) is 6.36. The maximum absolute atomic E-state index is 12.1. The van der Waals surface area contributed by atoms with Crippen LogP contribution in [0.1, 0.15) is 19.4 Å². The van der Waals surface area contributed by atoms with Crippen LogP contribution < -0.4 is 9.92 Å².